The lowest BCUT2D eigenvalue weighted by atomic mass is 10.1. The first-order valence-electron chi connectivity index (χ1n) is 7.79. The summed E-state index contributed by atoms with van der Waals surface area (Å²) in [7, 11) is 0. The van der Waals surface area contributed by atoms with Crippen LogP contribution in [0.25, 0.3) is 0 Å². The highest BCUT2D eigenvalue weighted by atomic mass is 32.2. The van der Waals surface area contributed by atoms with E-state index in [0.29, 0.717) is 15.3 Å². The molecule has 0 saturated carbocycles. The fourth-order valence-corrected chi connectivity index (χ4v) is 4.82. The molecular weight excluding hydrogens is 326 g/mol. The molecule has 122 valence electrons. The van der Waals surface area contributed by atoms with Gasteiger partial charge in [0, 0.05) is 23.2 Å². The Bertz CT molecular complexity index is 706. The summed E-state index contributed by atoms with van der Waals surface area (Å²) in [5, 5.41) is 1.05. The highest BCUT2D eigenvalue weighted by Gasteiger charge is 2.26. The zero-order valence-electron chi connectivity index (χ0n) is 13.4. The number of hydrogen-bond donors (Lipinski definition) is 1. The summed E-state index contributed by atoms with van der Waals surface area (Å²) < 4.78 is 0. The van der Waals surface area contributed by atoms with Gasteiger partial charge in [0.2, 0.25) is 0 Å². The molecule has 1 aliphatic rings. The highest BCUT2D eigenvalue weighted by Crippen LogP contribution is 2.33. The van der Waals surface area contributed by atoms with E-state index in [-0.39, 0.29) is 5.91 Å². The Morgan fingerprint density at radius 3 is 2.61 bits per heavy atom. The van der Waals surface area contributed by atoms with Crippen molar-refractivity contribution in [3.8, 4) is 0 Å². The number of amides is 1. The molecule has 1 amide bonds. The van der Waals surface area contributed by atoms with Crippen molar-refractivity contribution in [3.05, 3.63) is 40.4 Å². The summed E-state index contributed by atoms with van der Waals surface area (Å²) in [4.78, 5) is 20.7. The van der Waals surface area contributed by atoms with Gasteiger partial charge in [0.25, 0.3) is 5.91 Å². The number of nitrogens with two attached hydrogens (primary N) is 1. The van der Waals surface area contributed by atoms with Crippen molar-refractivity contribution in [1.82, 2.24) is 9.88 Å². The van der Waals surface area contributed by atoms with Gasteiger partial charge in [-0.05, 0) is 38.3 Å². The van der Waals surface area contributed by atoms with E-state index in [9.17, 15) is 4.79 Å². The fourth-order valence-electron chi connectivity index (χ4n) is 2.80. The van der Waals surface area contributed by atoms with Gasteiger partial charge in [-0.1, -0.05) is 29.5 Å². The Morgan fingerprint density at radius 2 is 2.00 bits per heavy atom. The normalized spacial score (nSPS) is 15.8. The van der Waals surface area contributed by atoms with E-state index < -0.39 is 0 Å². The number of nitrogen functional groups attached to an aromatic ring is 1. The molecule has 3 rings (SSSR count). The lowest BCUT2D eigenvalue weighted by Crippen LogP contribution is -2.39. The number of thiazole rings is 1. The average molecular weight is 348 g/mol. The number of aromatic nitrogens is 1. The highest BCUT2D eigenvalue weighted by molar-refractivity contribution is 8.00. The van der Waals surface area contributed by atoms with Crippen molar-refractivity contribution in [2.75, 3.05) is 18.8 Å². The maximum Gasteiger partial charge on any atom is 0.265 e. The first kappa shape index (κ1) is 16.3. The summed E-state index contributed by atoms with van der Waals surface area (Å²) in [6.45, 7) is 5.61. The number of carbonyl (C=O) groups is 1. The summed E-state index contributed by atoms with van der Waals surface area (Å²) >= 11 is 3.23. The third-order valence-electron chi connectivity index (χ3n) is 4.12. The van der Waals surface area contributed by atoms with Gasteiger partial charge in [0.05, 0.1) is 5.69 Å². The number of benzene rings is 1. The van der Waals surface area contributed by atoms with Gasteiger partial charge in [-0.2, -0.15) is 0 Å². The third-order valence-corrected chi connectivity index (χ3v) is 6.62. The number of aryl methyl sites for hydroxylation is 2. The van der Waals surface area contributed by atoms with Crippen LogP contribution < -0.4 is 5.73 Å². The molecule has 2 heterocycles. The van der Waals surface area contributed by atoms with Gasteiger partial charge in [0.1, 0.15) is 4.88 Å². The average Bonchev–Trinajstić information content (AvgIpc) is 2.88. The summed E-state index contributed by atoms with van der Waals surface area (Å²) in [5.74, 6) is 0.0797. The second kappa shape index (κ2) is 6.93. The van der Waals surface area contributed by atoms with Crippen LogP contribution in [0.4, 0.5) is 5.13 Å². The van der Waals surface area contributed by atoms with E-state index >= 15 is 0 Å². The Kier molecular flexibility index (Phi) is 4.92. The van der Waals surface area contributed by atoms with Crippen molar-refractivity contribution in [3.63, 3.8) is 0 Å². The van der Waals surface area contributed by atoms with E-state index in [2.05, 4.69) is 36.2 Å². The monoisotopic (exact) mass is 347 g/mol. The standard InChI is InChI=1S/C17H21N3OS2/c1-11-5-3-4-6-14(11)22-13-7-9-20(10-8-13)16(21)15-12(2)19-17(18)23-15/h3-6,13H,7-10H2,1-2H3,(H2,18,19). The molecular formula is C17H21N3OS2. The van der Waals surface area contributed by atoms with Crippen LogP contribution in [0.1, 0.15) is 33.8 Å². The summed E-state index contributed by atoms with van der Waals surface area (Å²) in [5.41, 5.74) is 7.77. The molecule has 1 aromatic carbocycles. The molecule has 1 saturated heterocycles. The minimum atomic E-state index is 0.0797. The Labute approximate surface area is 145 Å². The second-order valence-corrected chi connectivity index (χ2v) is 8.21. The van der Waals surface area contributed by atoms with Crippen molar-refractivity contribution in [1.29, 1.82) is 0 Å². The maximum absolute atomic E-state index is 12.6. The van der Waals surface area contributed by atoms with Gasteiger partial charge >= 0.3 is 0 Å². The van der Waals surface area contributed by atoms with Crippen LogP contribution in [0.3, 0.4) is 0 Å². The van der Waals surface area contributed by atoms with Crippen LogP contribution in [0.2, 0.25) is 0 Å². The molecule has 2 aromatic rings. The van der Waals surface area contributed by atoms with Gasteiger partial charge in [-0.25, -0.2) is 4.98 Å². The molecule has 0 radical (unpaired) electrons. The van der Waals surface area contributed by atoms with Crippen LogP contribution >= 0.6 is 23.1 Å². The van der Waals surface area contributed by atoms with E-state index in [1.165, 1.54) is 21.8 Å². The van der Waals surface area contributed by atoms with Gasteiger partial charge < -0.3 is 10.6 Å². The van der Waals surface area contributed by atoms with Crippen molar-refractivity contribution in [2.45, 2.75) is 36.8 Å². The first-order chi connectivity index (χ1) is 11.0. The van der Waals surface area contributed by atoms with Gasteiger partial charge in [-0.15, -0.1) is 11.8 Å². The molecule has 0 aliphatic carbocycles. The van der Waals surface area contributed by atoms with E-state index in [1.54, 1.807) is 0 Å². The number of rotatable bonds is 3. The molecule has 6 heteroatoms. The smallest absolute Gasteiger partial charge is 0.265 e. The number of likely N-dealkylation sites (tertiary alicyclic amines) is 1. The van der Waals surface area contributed by atoms with Crippen molar-refractivity contribution >= 4 is 34.1 Å². The van der Waals surface area contributed by atoms with Crippen LogP contribution in [-0.2, 0) is 0 Å². The SMILES string of the molecule is Cc1ccccc1SC1CCN(C(=O)c2sc(N)nc2C)CC1. The zero-order chi connectivity index (χ0) is 16.4. The largest absolute Gasteiger partial charge is 0.375 e. The molecule has 0 atom stereocenters. The quantitative estimate of drug-likeness (QED) is 0.919. The summed E-state index contributed by atoms with van der Waals surface area (Å²) in [6.07, 6.45) is 2.05. The van der Waals surface area contributed by atoms with E-state index in [1.807, 2.05) is 23.6 Å². The third kappa shape index (κ3) is 3.70. The molecule has 0 unspecified atom stereocenters. The van der Waals surface area contributed by atoms with Crippen LogP contribution in [0.15, 0.2) is 29.2 Å². The van der Waals surface area contributed by atoms with Gasteiger partial charge in [-0.3, -0.25) is 4.79 Å². The number of thioether (sulfide) groups is 1. The maximum atomic E-state index is 12.6. The van der Waals surface area contributed by atoms with Crippen molar-refractivity contribution < 1.29 is 4.79 Å². The van der Waals surface area contributed by atoms with Gasteiger partial charge in [0.15, 0.2) is 5.13 Å². The molecule has 23 heavy (non-hydrogen) atoms. The molecule has 1 aromatic heterocycles. The Morgan fingerprint density at radius 1 is 1.30 bits per heavy atom. The fraction of sp³-hybridized carbons (Fsp3) is 0.412. The second-order valence-electron chi connectivity index (χ2n) is 5.84. The minimum Gasteiger partial charge on any atom is -0.375 e. The van der Waals surface area contributed by atoms with Crippen LogP contribution in [0.5, 0.6) is 0 Å². The first-order valence-corrected chi connectivity index (χ1v) is 9.48. The van der Waals surface area contributed by atoms with Crippen LogP contribution in [-0.4, -0.2) is 34.1 Å². The lowest BCUT2D eigenvalue weighted by Gasteiger charge is -2.31. The molecule has 0 bridgehead atoms. The Balaban J connectivity index is 1.59. The topological polar surface area (TPSA) is 59.2 Å². The predicted molar refractivity (Wildman–Crippen MR) is 97.2 cm³/mol. The summed E-state index contributed by atoms with van der Waals surface area (Å²) in [6, 6.07) is 8.49. The number of piperidine rings is 1. The number of nitrogens with zero attached hydrogens (tertiary/aromatic N) is 2. The Hall–Kier alpha value is -1.53. The van der Waals surface area contributed by atoms with Crippen molar-refractivity contribution in [2.24, 2.45) is 0 Å². The molecule has 2 N–H and O–H groups in total. The van der Waals surface area contributed by atoms with E-state index in [0.717, 1.165) is 31.6 Å². The molecule has 4 nitrogen and oxygen atoms in total. The predicted octanol–water partition coefficient (Wildman–Crippen LogP) is 3.74. The number of carbonyl (C=O) groups excluding carboxylic acids is 1. The number of hydrogen-bond acceptors (Lipinski definition) is 5. The number of anilines is 1. The lowest BCUT2D eigenvalue weighted by molar-refractivity contribution is 0.0731. The van der Waals surface area contributed by atoms with Crippen LogP contribution in [0, 0.1) is 13.8 Å². The molecule has 1 fully saturated rings. The van der Waals surface area contributed by atoms with E-state index in [4.69, 9.17) is 5.73 Å². The molecule has 0 spiro atoms. The molecule has 1 aliphatic heterocycles. The zero-order valence-corrected chi connectivity index (χ0v) is 15.0. The minimum absolute atomic E-state index is 0.0797.